The molecule has 4 nitrogen and oxygen atoms in total. The van der Waals surface area contributed by atoms with Gasteiger partial charge in [0.05, 0.1) is 11.7 Å². The van der Waals surface area contributed by atoms with Crippen LogP contribution < -0.4 is 5.32 Å². The summed E-state index contributed by atoms with van der Waals surface area (Å²) in [6.07, 6.45) is 3.58. The minimum absolute atomic E-state index is 0.385. The molecule has 2 heterocycles. The molecule has 0 fully saturated rings. The summed E-state index contributed by atoms with van der Waals surface area (Å²) >= 11 is 6.98. The summed E-state index contributed by atoms with van der Waals surface area (Å²) in [6, 6.07) is 7.92. The number of fused-ring (bicyclic) bond motifs is 1. The van der Waals surface area contributed by atoms with Crippen molar-refractivity contribution < 1.29 is 0 Å². The first-order chi connectivity index (χ1) is 8.34. The van der Waals surface area contributed by atoms with Crippen LogP contribution in [-0.2, 0) is 0 Å². The topological polar surface area (TPSA) is 50.7 Å². The largest absolute Gasteiger partial charge is 0.336 e. The fourth-order valence-electron chi connectivity index (χ4n) is 1.60. The number of hydrogen-bond donors (Lipinski definition) is 1. The minimum Gasteiger partial charge on any atom is -0.336 e. The minimum atomic E-state index is 0.385. The van der Waals surface area contributed by atoms with E-state index in [1.54, 1.807) is 6.20 Å². The average Bonchev–Trinajstić information content (AvgIpc) is 2.76. The Labute approximate surface area is 107 Å². The monoisotopic (exact) mass is 262 g/mol. The van der Waals surface area contributed by atoms with Gasteiger partial charge in [0.25, 0.3) is 0 Å². The summed E-state index contributed by atoms with van der Waals surface area (Å²) < 4.78 is 8.00. The van der Waals surface area contributed by atoms with Gasteiger partial charge in [-0.2, -0.15) is 8.75 Å². The molecule has 0 aliphatic carbocycles. The highest BCUT2D eigenvalue weighted by molar-refractivity contribution is 6.99. The Balaban J connectivity index is 2.09. The van der Waals surface area contributed by atoms with Crippen LogP contribution in [0, 0.1) is 0 Å². The smallest absolute Gasteiger partial charge is 0.187 e. The van der Waals surface area contributed by atoms with Crippen LogP contribution in [0.15, 0.2) is 36.7 Å². The van der Waals surface area contributed by atoms with Crippen LogP contribution in [0.2, 0.25) is 5.15 Å². The van der Waals surface area contributed by atoms with Crippen LogP contribution in [0.1, 0.15) is 0 Å². The van der Waals surface area contributed by atoms with Gasteiger partial charge in [0.1, 0.15) is 0 Å². The molecule has 2 aromatic heterocycles. The second-order valence-corrected chi connectivity index (χ2v) is 4.32. The number of benzene rings is 1. The molecule has 0 saturated carbocycles. The maximum Gasteiger partial charge on any atom is 0.187 e. The summed E-state index contributed by atoms with van der Waals surface area (Å²) in [5.41, 5.74) is 0.921. The van der Waals surface area contributed by atoms with E-state index in [9.17, 15) is 0 Å². The highest BCUT2D eigenvalue weighted by Crippen LogP contribution is 2.28. The predicted octanol–water partition coefficient (Wildman–Crippen LogP) is 3.48. The maximum absolute atomic E-state index is 5.90. The molecule has 17 heavy (non-hydrogen) atoms. The molecule has 84 valence electrons. The quantitative estimate of drug-likeness (QED) is 0.768. The lowest BCUT2D eigenvalue weighted by molar-refractivity contribution is 1.36. The van der Waals surface area contributed by atoms with Gasteiger partial charge in [0, 0.05) is 23.5 Å². The average molecular weight is 263 g/mol. The van der Waals surface area contributed by atoms with Gasteiger partial charge < -0.3 is 5.32 Å². The van der Waals surface area contributed by atoms with Gasteiger partial charge in [-0.25, -0.2) is 0 Å². The lowest BCUT2D eigenvalue weighted by atomic mass is 10.1. The highest BCUT2D eigenvalue weighted by Gasteiger charge is 2.07. The van der Waals surface area contributed by atoms with Gasteiger partial charge in [-0.05, 0) is 17.5 Å². The van der Waals surface area contributed by atoms with E-state index in [1.165, 1.54) is 0 Å². The SMILES string of the molecule is Clc1nsnc1Nc1cccc2ccncc12. The van der Waals surface area contributed by atoms with Gasteiger partial charge in [0.2, 0.25) is 0 Å². The van der Waals surface area contributed by atoms with Gasteiger partial charge >= 0.3 is 0 Å². The molecule has 0 atom stereocenters. The number of anilines is 2. The molecule has 0 spiro atoms. The number of rotatable bonds is 2. The summed E-state index contributed by atoms with van der Waals surface area (Å²) in [5.74, 6) is 0.577. The van der Waals surface area contributed by atoms with E-state index in [1.807, 2.05) is 30.5 Å². The Hall–Kier alpha value is -1.72. The maximum atomic E-state index is 5.90. The van der Waals surface area contributed by atoms with Crippen molar-refractivity contribution in [3.8, 4) is 0 Å². The number of nitrogens with one attached hydrogen (secondary N) is 1. The second-order valence-electron chi connectivity index (χ2n) is 3.43. The van der Waals surface area contributed by atoms with Gasteiger partial charge in [-0.15, -0.1) is 0 Å². The molecule has 3 rings (SSSR count). The predicted molar refractivity (Wildman–Crippen MR) is 69.9 cm³/mol. The summed E-state index contributed by atoms with van der Waals surface area (Å²) in [7, 11) is 0. The van der Waals surface area contributed by atoms with Crippen LogP contribution in [-0.4, -0.2) is 13.7 Å². The highest BCUT2D eigenvalue weighted by atomic mass is 35.5. The molecule has 1 aromatic carbocycles. The summed E-state index contributed by atoms with van der Waals surface area (Å²) in [5, 5.41) is 5.69. The van der Waals surface area contributed by atoms with Crippen LogP contribution in [0.3, 0.4) is 0 Å². The van der Waals surface area contributed by atoms with Crippen molar-refractivity contribution in [1.29, 1.82) is 0 Å². The van der Waals surface area contributed by atoms with E-state index in [4.69, 9.17) is 11.6 Å². The number of hydrogen-bond acceptors (Lipinski definition) is 5. The third kappa shape index (κ3) is 1.94. The normalized spacial score (nSPS) is 10.6. The molecule has 0 amide bonds. The van der Waals surface area contributed by atoms with Crippen molar-refractivity contribution in [3.05, 3.63) is 41.8 Å². The van der Waals surface area contributed by atoms with Crippen LogP contribution >= 0.6 is 23.3 Å². The van der Waals surface area contributed by atoms with Crippen LogP contribution in [0.4, 0.5) is 11.5 Å². The number of halogens is 1. The van der Waals surface area contributed by atoms with Gasteiger partial charge in [0.15, 0.2) is 11.0 Å². The molecular weight excluding hydrogens is 256 g/mol. The van der Waals surface area contributed by atoms with E-state index >= 15 is 0 Å². The fraction of sp³-hybridized carbons (Fsp3) is 0. The molecule has 0 bridgehead atoms. The van der Waals surface area contributed by atoms with E-state index in [2.05, 4.69) is 19.0 Å². The number of nitrogens with zero attached hydrogens (tertiary/aromatic N) is 3. The Morgan fingerprint density at radius 2 is 2.12 bits per heavy atom. The first-order valence-corrected chi connectivity index (χ1v) is 6.03. The first kappa shape index (κ1) is 10.4. The molecule has 0 unspecified atom stereocenters. The zero-order valence-corrected chi connectivity index (χ0v) is 10.2. The zero-order chi connectivity index (χ0) is 11.7. The molecule has 1 N–H and O–H groups in total. The molecule has 6 heteroatoms. The van der Waals surface area contributed by atoms with Crippen LogP contribution in [0.25, 0.3) is 10.8 Å². The Bertz CT molecular complexity index is 662. The summed E-state index contributed by atoms with van der Waals surface area (Å²) in [4.78, 5) is 4.12. The lowest BCUT2D eigenvalue weighted by Crippen LogP contribution is -1.92. The van der Waals surface area contributed by atoms with E-state index in [0.29, 0.717) is 11.0 Å². The third-order valence-corrected chi connectivity index (χ3v) is 3.28. The van der Waals surface area contributed by atoms with Gasteiger partial charge in [-0.1, -0.05) is 23.7 Å². The molecular formula is C11H7ClN4S. The van der Waals surface area contributed by atoms with Crippen LogP contribution in [0.5, 0.6) is 0 Å². The van der Waals surface area contributed by atoms with Crippen molar-refractivity contribution >= 4 is 45.6 Å². The fourth-order valence-corrected chi connectivity index (χ4v) is 2.25. The van der Waals surface area contributed by atoms with Crippen molar-refractivity contribution in [3.63, 3.8) is 0 Å². The Morgan fingerprint density at radius 1 is 1.18 bits per heavy atom. The van der Waals surface area contributed by atoms with Gasteiger partial charge in [-0.3, -0.25) is 4.98 Å². The van der Waals surface area contributed by atoms with E-state index in [0.717, 1.165) is 28.2 Å². The lowest BCUT2D eigenvalue weighted by Gasteiger charge is -2.06. The van der Waals surface area contributed by atoms with Crippen molar-refractivity contribution in [2.45, 2.75) is 0 Å². The molecule has 0 aliphatic rings. The second kappa shape index (κ2) is 4.27. The number of aromatic nitrogens is 3. The standard InChI is InChI=1S/C11H7ClN4S/c12-10-11(16-17-15-10)14-9-3-1-2-7-4-5-13-6-8(7)9/h1-6H,(H,14,16). The zero-order valence-electron chi connectivity index (χ0n) is 8.59. The molecule has 0 aliphatic heterocycles. The molecule has 0 saturated heterocycles. The van der Waals surface area contributed by atoms with Crippen molar-refractivity contribution in [1.82, 2.24) is 13.7 Å². The van der Waals surface area contributed by atoms with Crippen molar-refractivity contribution in [2.24, 2.45) is 0 Å². The van der Waals surface area contributed by atoms with E-state index in [-0.39, 0.29) is 0 Å². The molecule has 0 radical (unpaired) electrons. The Morgan fingerprint density at radius 3 is 2.94 bits per heavy atom. The molecule has 3 aromatic rings. The van der Waals surface area contributed by atoms with E-state index < -0.39 is 0 Å². The third-order valence-electron chi connectivity index (χ3n) is 2.39. The summed E-state index contributed by atoms with van der Waals surface area (Å²) in [6.45, 7) is 0. The first-order valence-electron chi connectivity index (χ1n) is 4.92. The Kier molecular flexibility index (Phi) is 2.62. The van der Waals surface area contributed by atoms with Crippen molar-refractivity contribution in [2.75, 3.05) is 5.32 Å². The number of pyridine rings is 1.